The molecule has 10 unspecified atom stereocenters. The Labute approximate surface area is 348 Å². The number of rotatable bonds is 7. The van der Waals surface area contributed by atoms with Gasteiger partial charge in [-0.05, 0) is 74.3 Å². The van der Waals surface area contributed by atoms with Gasteiger partial charge >= 0.3 is 6.09 Å². The first-order chi connectivity index (χ1) is 28.4. The average Bonchev–Trinajstić information content (AvgIpc) is 4.10. The van der Waals surface area contributed by atoms with Crippen LogP contribution in [0.5, 0.6) is 11.6 Å². The number of alkyl carbamates (subject to hydrolysis) is 1. The maximum absolute atomic E-state index is 14.9. The molecule has 8 rings (SSSR count). The van der Waals surface area contributed by atoms with E-state index in [4.69, 9.17) is 24.2 Å². The third-order valence-electron chi connectivity index (χ3n) is 13.4. The third-order valence-corrected chi connectivity index (χ3v) is 15.2. The van der Waals surface area contributed by atoms with Gasteiger partial charge in [-0.25, -0.2) is 32.0 Å². The number of allylic oxidation sites excluding steroid dienone is 2. The van der Waals surface area contributed by atoms with E-state index in [1.54, 1.807) is 39.8 Å². The van der Waals surface area contributed by atoms with Crippen molar-refractivity contribution in [3.63, 3.8) is 0 Å². The fourth-order valence-corrected chi connectivity index (χ4v) is 10.9. The summed E-state index contributed by atoms with van der Waals surface area (Å²) < 4.78 is 74.3. The van der Waals surface area contributed by atoms with E-state index in [0.29, 0.717) is 60.0 Å². The monoisotopic (exact) mass is 856 g/mol. The van der Waals surface area contributed by atoms with Crippen LogP contribution in [0, 0.1) is 35.0 Å². The Morgan fingerprint density at radius 3 is 2.45 bits per heavy atom. The number of fused-ring (bicyclic) bond motifs is 7. The van der Waals surface area contributed by atoms with Crippen molar-refractivity contribution in [2.75, 3.05) is 13.7 Å². The van der Waals surface area contributed by atoms with E-state index in [1.165, 1.54) is 12.0 Å². The van der Waals surface area contributed by atoms with Crippen molar-refractivity contribution in [1.82, 2.24) is 30.2 Å². The highest BCUT2D eigenvalue weighted by molar-refractivity contribution is 7.91. The molecule has 4 amide bonds. The van der Waals surface area contributed by atoms with Gasteiger partial charge in [0.1, 0.15) is 41.3 Å². The lowest BCUT2D eigenvalue weighted by molar-refractivity contribution is -0.143. The van der Waals surface area contributed by atoms with Crippen LogP contribution in [0.2, 0.25) is 0 Å². The largest absolute Gasteiger partial charge is 0.497 e. The van der Waals surface area contributed by atoms with Crippen molar-refractivity contribution in [2.45, 2.75) is 127 Å². The molecule has 6 aliphatic rings. The lowest BCUT2D eigenvalue weighted by atomic mass is 9.78. The number of carbonyl (C=O) groups is 4. The minimum absolute atomic E-state index is 0.110. The van der Waals surface area contributed by atoms with Crippen molar-refractivity contribution in [3.8, 4) is 11.6 Å². The van der Waals surface area contributed by atoms with Gasteiger partial charge in [0.15, 0.2) is 0 Å². The van der Waals surface area contributed by atoms with E-state index < -0.39 is 92.9 Å². The maximum atomic E-state index is 14.9. The molecular formula is C42H54F2N6O9S. The number of ether oxygens (including phenoxy) is 3. The van der Waals surface area contributed by atoms with Crippen molar-refractivity contribution in [1.29, 1.82) is 0 Å². The molecule has 2 bridgehead atoms. The van der Waals surface area contributed by atoms with Crippen LogP contribution in [-0.4, -0.2) is 102 Å². The Bertz CT molecular complexity index is 2200. The van der Waals surface area contributed by atoms with Gasteiger partial charge in [-0.15, -0.1) is 0 Å². The summed E-state index contributed by atoms with van der Waals surface area (Å²) in [7, 11) is -2.61. The second kappa shape index (κ2) is 15.7. The number of methoxy groups -OCH3 is 1. The Balaban J connectivity index is 1.16. The van der Waals surface area contributed by atoms with E-state index >= 15 is 0 Å². The van der Waals surface area contributed by atoms with Gasteiger partial charge in [0.2, 0.25) is 34.1 Å². The maximum Gasteiger partial charge on any atom is 0.408 e. The number of hydrogen-bond donors (Lipinski definition) is 3. The zero-order valence-electron chi connectivity index (χ0n) is 34.5. The normalized spacial score (nSPS) is 33.2. The molecule has 0 radical (unpaired) electrons. The van der Waals surface area contributed by atoms with E-state index in [1.807, 2.05) is 10.8 Å². The predicted molar refractivity (Wildman–Crippen MR) is 213 cm³/mol. The number of amides is 4. The Kier molecular flexibility index (Phi) is 11.0. The average molecular weight is 857 g/mol. The molecule has 4 aliphatic carbocycles. The molecule has 3 N–H and O–H groups in total. The standard InChI is InChI=1S/C42H54F2N6O9S/c1-21-32-20-50(33(21)36(51)48-42(19-27(42)35(43)44)39(53)49-60(55,56)24-13-14-24)38(52)34(41(2,3)4)47-40(54)59-31-17-22-11-15-25(22)26(31)9-7-6-8-10-29-37(58-32)46-30-18-23(57-5)12-16-28(30)45-29/h11-12,15-16,18,21-22,24-27,31-35H,6-10,13-14,17,19-20H2,1-5H3,(H,47,54)(H,48,51)(H,49,53). The van der Waals surface area contributed by atoms with Gasteiger partial charge in [0.25, 0.3) is 5.91 Å². The van der Waals surface area contributed by atoms with E-state index in [-0.39, 0.29) is 24.4 Å². The van der Waals surface area contributed by atoms with Crippen LogP contribution in [0.15, 0.2) is 30.4 Å². The van der Waals surface area contributed by atoms with Crippen molar-refractivity contribution >= 4 is 44.9 Å². The molecule has 2 aromatic rings. The fourth-order valence-electron chi connectivity index (χ4n) is 9.57. The molecule has 60 heavy (non-hydrogen) atoms. The van der Waals surface area contributed by atoms with Crippen LogP contribution in [0.1, 0.15) is 84.8 Å². The minimum atomic E-state index is -4.15. The molecule has 2 aliphatic heterocycles. The first-order valence-electron chi connectivity index (χ1n) is 21.0. The van der Waals surface area contributed by atoms with Gasteiger partial charge < -0.3 is 29.7 Å². The lowest BCUT2D eigenvalue weighted by Gasteiger charge is -2.36. The molecule has 1 saturated heterocycles. The number of alkyl halides is 2. The number of aromatic nitrogens is 2. The smallest absolute Gasteiger partial charge is 0.408 e. The van der Waals surface area contributed by atoms with Crippen LogP contribution >= 0.6 is 0 Å². The van der Waals surface area contributed by atoms with Gasteiger partial charge in [-0.1, -0.05) is 52.7 Å². The SMILES string of the molecule is COc1ccc2nc3c(nc2c1)OC1CN(C(=O)C(C(C)(C)C)NC(=O)OC2CC4C=CC4C2CCCCC3)C(C(=O)NC2(C(=O)NS(=O)(=O)C3CC3)CC2C(F)F)C1C. The van der Waals surface area contributed by atoms with Gasteiger partial charge in [0.05, 0.1) is 35.9 Å². The quantitative estimate of drug-likeness (QED) is 0.334. The van der Waals surface area contributed by atoms with Crippen LogP contribution in [0.3, 0.4) is 0 Å². The Hall–Kier alpha value is -4.61. The fraction of sp³-hybridized carbons (Fsp3) is 0.667. The van der Waals surface area contributed by atoms with Crippen LogP contribution < -0.4 is 24.8 Å². The summed E-state index contributed by atoms with van der Waals surface area (Å²) >= 11 is 0. The molecular weight excluding hydrogens is 803 g/mol. The first-order valence-corrected chi connectivity index (χ1v) is 22.6. The second-order valence-electron chi connectivity index (χ2n) is 18.6. The van der Waals surface area contributed by atoms with Crippen LogP contribution in [-0.2, 0) is 35.6 Å². The van der Waals surface area contributed by atoms with Crippen molar-refractivity contribution < 1.29 is 50.6 Å². The second-order valence-corrected chi connectivity index (χ2v) is 20.5. The van der Waals surface area contributed by atoms with Crippen molar-refractivity contribution in [2.24, 2.45) is 35.0 Å². The number of carbonyl (C=O) groups excluding carboxylic acids is 4. The van der Waals surface area contributed by atoms with Gasteiger partial charge in [0, 0.05) is 17.9 Å². The number of halogens is 2. The zero-order valence-corrected chi connectivity index (χ0v) is 35.3. The molecule has 3 heterocycles. The highest BCUT2D eigenvalue weighted by Crippen LogP contribution is 2.50. The highest BCUT2D eigenvalue weighted by Gasteiger charge is 2.67. The Morgan fingerprint density at radius 1 is 1.03 bits per heavy atom. The summed E-state index contributed by atoms with van der Waals surface area (Å²) in [5.74, 6) is -3.87. The number of sulfonamides is 1. The topological polar surface area (TPSA) is 195 Å². The molecule has 3 saturated carbocycles. The molecule has 10 atom stereocenters. The molecule has 15 nitrogen and oxygen atoms in total. The van der Waals surface area contributed by atoms with Crippen LogP contribution in [0.25, 0.3) is 11.0 Å². The number of aryl methyl sites for hydroxylation is 1. The summed E-state index contributed by atoms with van der Waals surface area (Å²) in [6, 6.07) is 2.69. The van der Waals surface area contributed by atoms with Crippen molar-refractivity contribution in [3.05, 3.63) is 36.0 Å². The zero-order chi connectivity index (χ0) is 42.9. The molecule has 326 valence electrons. The predicted octanol–water partition coefficient (Wildman–Crippen LogP) is 4.43. The first kappa shape index (κ1) is 42.1. The number of nitrogens with one attached hydrogen (secondary N) is 3. The van der Waals surface area contributed by atoms with E-state index in [2.05, 4.69) is 22.8 Å². The summed E-state index contributed by atoms with van der Waals surface area (Å²) in [4.78, 5) is 67.9. The number of benzene rings is 1. The van der Waals surface area contributed by atoms with Gasteiger partial charge in [-0.3, -0.25) is 19.1 Å². The summed E-state index contributed by atoms with van der Waals surface area (Å²) in [6.07, 6.45) is 3.93. The van der Waals surface area contributed by atoms with E-state index in [9.17, 15) is 36.4 Å². The summed E-state index contributed by atoms with van der Waals surface area (Å²) in [5, 5.41) is 4.48. The summed E-state index contributed by atoms with van der Waals surface area (Å²) in [5.41, 5.74) is -1.45. The Morgan fingerprint density at radius 2 is 1.80 bits per heavy atom. The molecule has 1 aromatic heterocycles. The summed E-state index contributed by atoms with van der Waals surface area (Å²) in [6.45, 7) is 6.76. The van der Waals surface area contributed by atoms with E-state index in [0.717, 1.165) is 25.7 Å². The third kappa shape index (κ3) is 7.99. The molecule has 0 spiro atoms. The lowest BCUT2D eigenvalue weighted by Crippen LogP contribution is -2.61. The highest BCUT2D eigenvalue weighted by atomic mass is 32.2. The van der Waals surface area contributed by atoms with Gasteiger partial charge in [-0.2, -0.15) is 0 Å². The molecule has 4 fully saturated rings. The van der Waals surface area contributed by atoms with Crippen LogP contribution in [0.4, 0.5) is 13.6 Å². The molecule has 18 heteroatoms. The number of nitrogens with zero attached hydrogens (tertiary/aromatic N) is 3. The number of hydrogen-bond acceptors (Lipinski definition) is 11. The molecule has 1 aromatic carbocycles. The minimum Gasteiger partial charge on any atom is -0.497 e.